The highest BCUT2D eigenvalue weighted by molar-refractivity contribution is 6.33. The van der Waals surface area contributed by atoms with E-state index in [0.29, 0.717) is 11.3 Å². The van der Waals surface area contributed by atoms with Crippen LogP contribution >= 0.6 is 11.6 Å². The van der Waals surface area contributed by atoms with Gasteiger partial charge in [0.1, 0.15) is 5.82 Å². The molecule has 0 aliphatic rings. The zero-order valence-corrected chi connectivity index (χ0v) is 10.8. The minimum Gasteiger partial charge on any atom is -0.298 e. The number of rotatable bonds is 1. The second kappa shape index (κ2) is 4.52. The van der Waals surface area contributed by atoms with Gasteiger partial charge in [0, 0.05) is 11.8 Å². The fraction of sp³-hybridized carbons (Fsp3) is 0.0714. The number of aromatic nitrogens is 2. The maximum atomic E-state index is 12.8. The number of imidazole rings is 1. The molecule has 0 N–H and O–H groups in total. The molecule has 0 saturated carbocycles. The topological polar surface area (TPSA) is 17.3 Å². The van der Waals surface area contributed by atoms with Gasteiger partial charge in [-0.25, -0.2) is 4.98 Å². The molecular weight excluding hydrogens is 289 g/mol. The van der Waals surface area contributed by atoms with Gasteiger partial charge in [0.2, 0.25) is 0 Å². The van der Waals surface area contributed by atoms with Crippen molar-refractivity contribution in [3.63, 3.8) is 0 Å². The molecule has 0 atom stereocenters. The van der Waals surface area contributed by atoms with Gasteiger partial charge in [-0.2, -0.15) is 13.2 Å². The molecule has 0 saturated heterocycles. The summed E-state index contributed by atoms with van der Waals surface area (Å²) in [4.78, 5) is 4.16. The fourth-order valence-electron chi connectivity index (χ4n) is 2.01. The van der Waals surface area contributed by atoms with Crippen molar-refractivity contribution in [3.8, 4) is 11.4 Å². The average molecular weight is 297 g/mol. The standard InChI is InChI=1S/C14H8ClF3N2/c15-11-6-10(14(16,17)18)8-20-12(11)7-19-13(20)9-4-2-1-3-5-9/h1-8H. The van der Waals surface area contributed by atoms with E-state index in [1.54, 1.807) is 24.3 Å². The van der Waals surface area contributed by atoms with Crippen LogP contribution in [0.3, 0.4) is 0 Å². The summed E-state index contributed by atoms with van der Waals surface area (Å²) >= 11 is 5.91. The van der Waals surface area contributed by atoms with E-state index in [-0.39, 0.29) is 5.02 Å². The van der Waals surface area contributed by atoms with Crippen LogP contribution in [0, 0.1) is 0 Å². The van der Waals surface area contributed by atoms with Crippen LogP contribution in [-0.4, -0.2) is 9.38 Å². The van der Waals surface area contributed by atoms with Crippen molar-refractivity contribution in [2.45, 2.75) is 6.18 Å². The molecule has 0 bridgehead atoms. The second-order valence-corrected chi connectivity index (χ2v) is 4.68. The van der Waals surface area contributed by atoms with Gasteiger partial charge in [0.15, 0.2) is 0 Å². The summed E-state index contributed by atoms with van der Waals surface area (Å²) in [5, 5.41) is 0.0227. The Bertz CT molecular complexity index is 763. The molecule has 0 spiro atoms. The predicted octanol–water partition coefficient (Wildman–Crippen LogP) is 4.67. The number of alkyl halides is 3. The minimum absolute atomic E-state index is 0.0227. The lowest BCUT2D eigenvalue weighted by molar-refractivity contribution is -0.137. The van der Waals surface area contributed by atoms with Crippen molar-refractivity contribution >= 4 is 17.1 Å². The van der Waals surface area contributed by atoms with E-state index in [1.807, 2.05) is 6.07 Å². The van der Waals surface area contributed by atoms with Gasteiger partial charge >= 0.3 is 6.18 Å². The average Bonchev–Trinajstić information content (AvgIpc) is 2.83. The van der Waals surface area contributed by atoms with Gasteiger partial charge in [0.25, 0.3) is 0 Å². The summed E-state index contributed by atoms with van der Waals surface area (Å²) in [7, 11) is 0. The summed E-state index contributed by atoms with van der Waals surface area (Å²) in [5.41, 5.74) is 0.367. The van der Waals surface area contributed by atoms with Crippen LogP contribution in [-0.2, 0) is 6.18 Å². The lowest BCUT2D eigenvalue weighted by atomic mass is 10.2. The molecule has 102 valence electrons. The molecule has 2 nitrogen and oxygen atoms in total. The van der Waals surface area contributed by atoms with Crippen LogP contribution < -0.4 is 0 Å². The molecule has 3 rings (SSSR count). The Morgan fingerprint density at radius 3 is 2.45 bits per heavy atom. The molecule has 2 aromatic heterocycles. The molecule has 20 heavy (non-hydrogen) atoms. The lowest BCUT2D eigenvalue weighted by Gasteiger charge is -2.09. The van der Waals surface area contributed by atoms with Gasteiger partial charge < -0.3 is 0 Å². The third-order valence-electron chi connectivity index (χ3n) is 2.95. The van der Waals surface area contributed by atoms with E-state index in [0.717, 1.165) is 17.8 Å². The van der Waals surface area contributed by atoms with Crippen LogP contribution in [0.25, 0.3) is 16.9 Å². The Kier molecular flexibility index (Phi) is 2.94. The first-order chi connectivity index (χ1) is 9.47. The van der Waals surface area contributed by atoms with Crippen LogP contribution in [0.1, 0.15) is 5.56 Å². The number of hydrogen-bond acceptors (Lipinski definition) is 1. The maximum absolute atomic E-state index is 12.8. The zero-order valence-electron chi connectivity index (χ0n) is 10.0. The predicted molar refractivity (Wildman–Crippen MR) is 70.6 cm³/mol. The number of halogens is 4. The molecule has 0 aliphatic heterocycles. The van der Waals surface area contributed by atoms with Gasteiger partial charge in [0.05, 0.1) is 22.3 Å². The van der Waals surface area contributed by atoms with Crippen LogP contribution in [0.15, 0.2) is 48.8 Å². The highest BCUT2D eigenvalue weighted by atomic mass is 35.5. The van der Waals surface area contributed by atoms with E-state index in [2.05, 4.69) is 4.98 Å². The Balaban J connectivity index is 2.28. The third-order valence-corrected chi connectivity index (χ3v) is 3.25. The van der Waals surface area contributed by atoms with Crippen molar-refractivity contribution in [2.75, 3.05) is 0 Å². The van der Waals surface area contributed by atoms with Crippen molar-refractivity contribution < 1.29 is 13.2 Å². The number of fused-ring (bicyclic) bond motifs is 1. The van der Waals surface area contributed by atoms with Gasteiger partial charge in [-0.3, -0.25) is 4.40 Å². The monoisotopic (exact) mass is 296 g/mol. The fourth-order valence-corrected chi connectivity index (χ4v) is 2.27. The van der Waals surface area contributed by atoms with E-state index in [9.17, 15) is 13.2 Å². The minimum atomic E-state index is -4.45. The van der Waals surface area contributed by atoms with Gasteiger partial charge in [-0.15, -0.1) is 0 Å². The molecule has 3 aromatic rings. The van der Waals surface area contributed by atoms with Crippen molar-refractivity contribution in [3.05, 3.63) is 59.4 Å². The molecule has 2 heterocycles. The first-order valence-electron chi connectivity index (χ1n) is 5.76. The third kappa shape index (κ3) is 2.14. The summed E-state index contributed by atoms with van der Waals surface area (Å²) < 4.78 is 39.9. The number of nitrogens with zero attached hydrogens (tertiary/aromatic N) is 2. The van der Waals surface area contributed by atoms with E-state index < -0.39 is 11.7 Å². The molecule has 0 fully saturated rings. The number of pyridine rings is 1. The Morgan fingerprint density at radius 2 is 1.80 bits per heavy atom. The largest absolute Gasteiger partial charge is 0.417 e. The maximum Gasteiger partial charge on any atom is 0.417 e. The molecule has 0 radical (unpaired) electrons. The first kappa shape index (κ1) is 13.0. The summed E-state index contributed by atoms with van der Waals surface area (Å²) in [6, 6.07) is 9.89. The van der Waals surface area contributed by atoms with Gasteiger partial charge in [-0.05, 0) is 6.07 Å². The first-order valence-corrected chi connectivity index (χ1v) is 6.14. The van der Waals surface area contributed by atoms with Crippen LogP contribution in [0.2, 0.25) is 5.02 Å². The highest BCUT2D eigenvalue weighted by Gasteiger charge is 2.32. The van der Waals surface area contributed by atoms with Crippen molar-refractivity contribution in [1.82, 2.24) is 9.38 Å². The Hall–Kier alpha value is -2.01. The molecule has 6 heteroatoms. The Morgan fingerprint density at radius 1 is 1.10 bits per heavy atom. The van der Waals surface area contributed by atoms with Crippen molar-refractivity contribution in [2.24, 2.45) is 0 Å². The smallest absolute Gasteiger partial charge is 0.298 e. The number of hydrogen-bond donors (Lipinski definition) is 0. The van der Waals surface area contributed by atoms with E-state index >= 15 is 0 Å². The zero-order chi connectivity index (χ0) is 14.3. The van der Waals surface area contributed by atoms with E-state index in [1.165, 1.54) is 10.6 Å². The lowest BCUT2D eigenvalue weighted by Crippen LogP contribution is -2.07. The van der Waals surface area contributed by atoms with Crippen LogP contribution in [0.5, 0.6) is 0 Å². The molecule has 1 aromatic carbocycles. The highest BCUT2D eigenvalue weighted by Crippen LogP contribution is 2.33. The van der Waals surface area contributed by atoms with E-state index in [4.69, 9.17) is 11.6 Å². The SMILES string of the molecule is FC(F)(F)c1cc(Cl)c2cnc(-c3ccccc3)n2c1. The second-order valence-electron chi connectivity index (χ2n) is 4.28. The quantitative estimate of drug-likeness (QED) is 0.637. The summed E-state index contributed by atoms with van der Waals surface area (Å²) in [6.07, 6.45) is -1.97. The normalized spacial score (nSPS) is 12.0. The van der Waals surface area contributed by atoms with Gasteiger partial charge in [-0.1, -0.05) is 41.9 Å². The Labute approximate surface area is 117 Å². The molecule has 0 aliphatic carbocycles. The van der Waals surface area contributed by atoms with Crippen molar-refractivity contribution in [1.29, 1.82) is 0 Å². The molecule has 0 amide bonds. The molecule has 0 unspecified atom stereocenters. The van der Waals surface area contributed by atoms with Crippen LogP contribution in [0.4, 0.5) is 13.2 Å². The summed E-state index contributed by atoms with van der Waals surface area (Å²) in [6.45, 7) is 0. The molecular formula is C14H8ClF3N2. The summed E-state index contributed by atoms with van der Waals surface area (Å²) in [5.74, 6) is 0.425. The number of benzene rings is 1.